The van der Waals surface area contributed by atoms with Gasteiger partial charge in [0.2, 0.25) is 11.7 Å². The second-order valence-corrected chi connectivity index (χ2v) is 7.96. The Hall–Kier alpha value is -3.65. The molecule has 4 aromatic rings. The molecule has 0 atom stereocenters. The molecule has 1 amide bonds. The van der Waals surface area contributed by atoms with Crippen molar-refractivity contribution < 1.29 is 9.53 Å². The average Bonchev–Trinajstić information content (AvgIpc) is 3.25. The van der Waals surface area contributed by atoms with Crippen LogP contribution in [0.25, 0.3) is 17.2 Å². The molecule has 0 fully saturated rings. The van der Waals surface area contributed by atoms with Gasteiger partial charge >= 0.3 is 0 Å². The largest absolute Gasteiger partial charge is 0.495 e. The number of rotatable bonds is 7. The maximum absolute atomic E-state index is 13.3. The molecule has 0 bridgehead atoms. The minimum atomic E-state index is -0.269. The zero-order valence-electron chi connectivity index (χ0n) is 18.6. The van der Waals surface area contributed by atoms with E-state index in [1.807, 2.05) is 48.7 Å². The zero-order chi connectivity index (χ0) is 23.5. The summed E-state index contributed by atoms with van der Waals surface area (Å²) in [6.45, 7) is 4.46. The first-order valence-corrected chi connectivity index (χ1v) is 11.0. The van der Waals surface area contributed by atoms with Crippen LogP contribution in [-0.4, -0.2) is 32.2 Å². The molecule has 9 heteroatoms. The summed E-state index contributed by atoms with van der Waals surface area (Å²) in [4.78, 5) is 30.5. The highest BCUT2D eigenvalue weighted by Gasteiger charge is 2.19. The molecule has 0 unspecified atom stereocenters. The summed E-state index contributed by atoms with van der Waals surface area (Å²) in [5.74, 6) is 1.23. The van der Waals surface area contributed by atoms with Crippen LogP contribution in [0.3, 0.4) is 0 Å². The van der Waals surface area contributed by atoms with Crippen LogP contribution in [0.1, 0.15) is 24.6 Å². The van der Waals surface area contributed by atoms with Crippen molar-refractivity contribution >= 4 is 29.0 Å². The van der Waals surface area contributed by atoms with E-state index in [0.717, 1.165) is 11.3 Å². The number of ether oxygens (including phenoxy) is 1. The Balaban J connectivity index is 1.63. The van der Waals surface area contributed by atoms with Gasteiger partial charge < -0.3 is 14.6 Å². The van der Waals surface area contributed by atoms with Gasteiger partial charge in [-0.1, -0.05) is 41.9 Å². The van der Waals surface area contributed by atoms with Crippen molar-refractivity contribution in [3.8, 4) is 17.1 Å². The molecule has 0 aliphatic carbocycles. The Morgan fingerprint density at radius 1 is 1.18 bits per heavy atom. The van der Waals surface area contributed by atoms with E-state index in [2.05, 4.69) is 15.4 Å². The van der Waals surface area contributed by atoms with E-state index in [1.165, 1.54) is 11.6 Å². The predicted molar refractivity (Wildman–Crippen MR) is 128 cm³/mol. The predicted octanol–water partition coefficient (Wildman–Crippen LogP) is 4.12. The third-order valence-corrected chi connectivity index (χ3v) is 5.74. The van der Waals surface area contributed by atoms with Crippen LogP contribution in [0.15, 0.2) is 53.3 Å². The van der Waals surface area contributed by atoms with Gasteiger partial charge in [0.05, 0.1) is 12.8 Å². The van der Waals surface area contributed by atoms with Crippen LogP contribution >= 0.6 is 11.6 Å². The monoisotopic (exact) mass is 465 g/mol. The zero-order valence-corrected chi connectivity index (χ0v) is 19.4. The van der Waals surface area contributed by atoms with Crippen LogP contribution in [0.2, 0.25) is 5.02 Å². The number of hydrogen-bond donors (Lipinski definition) is 1. The van der Waals surface area contributed by atoms with E-state index in [-0.39, 0.29) is 24.3 Å². The van der Waals surface area contributed by atoms with Crippen molar-refractivity contribution in [2.75, 3.05) is 12.4 Å². The van der Waals surface area contributed by atoms with Crippen molar-refractivity contribution in [2.45, 2.75) is 33.2 Å². The Morgan fingerprint density at radius 3 is 2.64 bits per heavy atom. The minimum Gasteiger partial charge on any atom is -0.495 e. The summed E-state index contributed by atoms with van der Waals surface area (Å²) in [6, 6.07) is 14.5. The molecule has 33 heavy (non-hydrogen) atoms. The topological polar surface area (TPSA) is 90.5 Å². The first-order valence-electron chi connectivity index (χ1n) is 10.6. The lowest BCUT2D eigenvalue weighted by Crippen LogP contribution is -2.27. The number of anilines is 1. The molecule has 170 valence electrons. The number of hydrogen-bond acceptors (Lipinski definition) is 5. The van der Waals surface area contributed by atoms with Gasteiger partial charge in [-0.25, -0.2) is 0 Å². The van der Waals surface area contributed by atoms with Gasteiger partial charge in [0.25, 0.3) is 5.56 Å². The second-order valence-electron chi connectivity index (χ2n) is 7.52. The summed E-state index contributed by atoms with van der Waals surface area (Å²) >= 11 is 6.04. The molecule has 0 radical (unpaired) electrons. The van der Waals surface area contributed by atoms with Crippen molar-refractivity contribution in [3.63, 3.8) is 0 Å². The number of aromatic nitrogens is 4. The van der Waals surface area contributed by atoms with E-state index < -0.39 is 0 Å². The van der Waals surface area contributed by atoms with Crippen LogP contribution in [0.4, 0.5) is 5.69 Å². The summed E-state index contributed by atoms with van der Waals surface area (Å²) in [7, 11) is 1.52. The number of carbonyl (C=O) groups excluding carboxylic acids is 1. The molecule has 1 N–H and O–H groups in total. The van der Waals surface area contributed by atoms with Crippen molar-refractivity contribution in [1.29, 1.82) is 0 Å². The summed E-state index contributed by atoms with van der Waals surface area (Å²) in [5.41, 5.74) is 2.35. The minimum absolute atomic E-state index is 0.112. The van der Waals surface area contributed by atoms with Gasteiger partial charge in [0, 0.05) is 34.8 Å². The number of benzene rings is 2. The fraction of sp³-hybridized carbons (Fsp3) is 0.250. The Kier molecular flexibility index (Phi) is 6.46. The van der Waals surface area contributed by atoms with Crippen LogP contribution < -0.4 is 15.6 Å². The number of fused-ring (bicyclic) bond motifs is 1. The number of aryl methyl sites for hydroxylation is 1. The fourth-order valence-electron chi connectivity index (χ4n) is 3.82. The van der Waals surface area contributed by atoms with Crippen molar-refractivity contribution in [3.05, 3.63) is 75.2 Å². The molecule has 0 spiro atoms. The van der Waals surface area contributed by atoms with Gasteiger partial charge in [-0.05, 0) is 38.5 Å². The smallest absolute Gasteiger partial charge is 0.279 e. The van der Waals surface area contributed by atoms with E-state index >= 15 is 0 Å². The molecule has 2 heterocycles. The number of carbonyl (C=O) groups is 1. The molecule has 0 aliphatic rings. The molecule has 0 aliphatic heterocycles. The van der Waals surface area contributed by atoms with Gasteiger partial charge in [-0.2, -0.15) is 9.50 Å². The van der Waals surface area contributed by atoms with Gasteiger partial charge in [0.1, 0.15) is 5.75 Å². The lowest BCUT2D eigenvalue weighted by Gasteiger charge is -2.14. The van der Waals surface area contributed by atoms with Crippen LogP contribution in [0, 0.1) is 6.92 Å². The quantitative estimate of drug-likeness (QED) is 0.443. The van der Waals surface area contributed by atoms with E-state index in [1.54, 1.807) is 18.2 Å². The van der Waals surface area contributed by atoms with E-state index in [9.17, 15) is 9.59 Å². The molecule has 8 nitrogen and oxygen atoms in total. The number of nitrogens with one attached hydrogen (secondary N) is 1. The average molecular weight is 466 g/mol. The summed E-state index contributed by atoms with van der Waals surface area (Å²) in [5, 5.41) is 7.76. The van der Waals surface area contributed by atoms with Gasteiger partial charge in [0.15, 0.2) is 5.82 Å². The fourth-order valence-corrected chi connectivity index (χ4v) is 3.99. The number of amides is 1. The highest BCUT2D eigenvalue weighted by atomic mass is 35.5. The third kappa shape index (κ3) is 4.47. The van der Waals surface area contributed by atoms with E-state index in [4.69, 9.17) is 16.3 Å². The molecule has 0 saturated heterocycles. The summed E-state index contributed by atoms with van der Waals surface area (Å²) in [6.07, 6.45) is 0.372. The molecule has 2 aromatic carbocycles. The maximum Gasteiger partial charge on any atom is 0.279 e. The third-order valence-electron chi connectivity index (χ3n) is 5.51. The maximum atomic E-state index is 13.3. The molecular weight excluding hydrogens is 442 g/mol. The summed E-state index contributed by atoms with van der Waals surface area (Å²) < 4.78 is 8.54. The number of halogens is 1. The Bertz CT molecular complexity index is 1380. The Labute approximate surface area is 195 Å². The molecule has 4 rings (SSSR count). The normalized spacial score (nSPS) is 11.0. The SMILES string of the molecule is CCn1c(C)c(CCC(=O)Nc2cc(Cl)ccc2OC)c(=O)n2nc(-c3ccccc3)nc12. The van der Waals surface area contributed by atoms with Gasteiger partial charge in [-0.15, -0.1) is 5.10 Å². The lowest BCUT2D eigenvalue weighted by atomic mass is 10.1. The first-order chi connectivity index (χ1) is 15.9. The second kappa shape index (κ2) is 9.46. The Morgan fingerprint density at radius 2 is 1.94 bits per heavy atom. The highest BCUT2D eigenvalue weighted by Crippen LogP contribution is 2.28. The highest BCUT2D eigenvalue weighted by molar-refractivity contribution is 6.31. The number of nitrogens with zero attached hydrogens (tertiary/aromatic N) is 4. The molecule has 0 saturated carbocycles. The molecular formula is C24H24ClN5O3. The first kappa shape index (κ1) is 22.5. The lowest BCUT2D eigenvalue weighted by molar-refractivity contribution is -0.116. The van der Waals surface area contributed by atoms with Crippen LogP contribution in [-0.2, 0) is 17.8 Å². The van der Waals surface area contributed by atoms with Crippen LogP contribution in [0.5, 0.6) is 5.75 Å². The standard InChI is InChI=1S/C24H24ClN5O3/c1-4-29-15(2)18(11-13-21(31)26-19-14-17(25)10-12-20(19)33-3)23(32)30-24(29)27-22(28-30)16-8-6-5-7-9-16/h5-10,12,14H,4,11,13H2,1-3H3,(H,26,31). The van der Waals surface area contributed by atoms with Crippen molar-refractivity contribution in [1.82, 2.24) is 19.2 Å². The van der Waals surface area contributed by atoms with Gasteiger partial charge in [-0.3, -0.25) is 9.59 Å². The number of methoxy groups -OCH3 is 1. The van der Waals surface area contributed by atoms with E-state index in [0.29, 0.717) is 40.2 Å². The molecule has 2 aromatic heterocycles. The van der Waals surface area contributed by atoms with Crippen molar-refractivity contribution in [2.24, 2.45) is 0 Å².